The van der Waals surface area contributed by atoms with E-state index in [1.165, 1.54) is 30.3 Å². The van der Waals surface area contributed by atoms with Crippen LogP contribution in [0.5, 0.6) is 0 Å². The second kappa shape index (κ2) is 8.65. The molecule has 5 nitrogen and oxygen atoms in total. The van der Waals surface area contributed by atoms with Gasteiger partial charge in [-0.05, 0) is 24.3 Å². The van der Waals surface area contributed by atoms with Crippen LogP contribution in [0, 0.1) is 5.82 Å². The van der Waals surface area contributed by atoms with Gasteiger partial charge >= 0.3 is 0 Å². The number of carbonyl (C=O) groups excluding carboxylic acids is 2. The number of primary amides is 1. The molecule has 1 aliphatic rings. The minimum atomic E-state index is -1.10. The van der Waals surface area contributed by atoms with Crippen molar-refractivity contribution in [2.75, 3.05) is 11.9 Å². The van der Waals surface area contributed by atoms with Crippen molar-refractivity contribution in [3.8, 4) is 11.1 Å². The first-order valence-electron chi connectivity index (χ1n) is 7.93. The molecule has 0 spiro atoms. The van der Waals surface area contributed by atoms with E-state index in [9.17, 15) is 18.4 Å². The van der Waals surface area contributed by atoms with Gasteiger partial charge in [-0.1, -0.05) is 23.7 Å². The maximum Gasteiger partial charge on any atom is 0.248 e. The Hall–Kier alpha value is -2.22. The van der Waals surface area contributed by atoms with E-state index in [0.29, 0.717) is 0 Å². The number of nitrogens with one attached hydrogen (secondary N) is 2. The fraction of sp³-hybridized carbons (Fsp3) is 0.222. The number of carbonyl (C=O) groups is 2. The summed E-state index contributed by atoms with van der Waals surface area (Å²) < 4.78 is 28.1. The Morgan fingerprint density at radius 1 is 1.22 bits per heavy atom. The molecule has 2 unspecified atom stereocenters. The summed E-state index contributed by atoms with van der Waals surface area (Å²) in [6.45, 7) is 0.0934. The maximum absolute atomic E-state index is 14.9. The van der Waals surface area contributed by atoms with Gasteiger partial charge in [-0.3, -0.25) is 9.59 Å². The SMILES string of the molecule is Cl.NC(=O)c1ccc(Cl)c(-c2cccc(NC(=O)C3CC(F)CN3)c2F)c1. The van der Waals surface area contributed by atoms with Crippen molar-refractivity contribution in [3.05, 3.63) is 52.8 Å². The first kappa shape index (κ1) is 21.1. The largest absolute Gasteiger partial charge is 0.366 e. The summed E-state index contributed by atoms with van der Waals surface area (Å²) in [5.74, 6) is -1.89. The van der Waals surface area contributed by atoms with Crippen molar-refractivity contribution in [3.63, 3.8) is 0 Å². The molecular weight excluding hydrogens is 399 g/mol. The van der Waals surface area contributed by atoms with E-state index in [2.05, 4.69) is 10.6 Å². The van der Waals surface area contributed by atoms with Gasteiger partial charge in [-0.2, -0.15) is 0 Å². The Morgan fingerprint density at radius 2 is 1.96 bits per heavy atom. The lowest BCUT2D eigenvalue weighted by molar-refractivity contribution is -0.117. The molecule has 1 heterocycles. The second-order valence-corrected chi connectivity index (χ2v) is 6.42. The van der Waals surface area contributed by atoms with Gasteiger partial charge < -0.3 is 16.4 Å². The van der Waals surface area contributed by atoms with Crippen LogP contribution in [0.1, 0.15) is 16.8 Å². The van der Waals surface area contributed by atoms with Gasteiger partial charge in [0.25, 0.3) is 0 Å². The molecule has 27 heavy (non-hydrogen) atoms. The lowest BCUT2D eigenvalue weighted by atomic mass is 10.0. The molecule has 3 rings (SSSR count). The highest BCUT2D eigenvalue weighted by Crippen LogP contribution is 2.33. The molecule has 1 saturated heterocycles. The van der Waals surface area contributed by atoms with Crippen LogP contribution in [0.4, 0.5) is 14.5 Å². The first-order chi connectivity index (χ1) is 12.4. The Labute approximate surface area is 165 Å². The molecule has 0 saturated carbocycles. The van der Waals surface area contributed by atoms with Crippen molar-refractivity contribution >= 4 is 41.5 Å². The first-order valence-corrected chi connectivity index (χ1v) is 8.31. The van der Waals surface area contributed by atoms with Crippen LogP contribution < -0.4 is 16.4 Å². The molecule has 2 aromatic carbocycles. The molecule has 2 amide bonds. The number of rotatable bonds is 4. The quantitative estimate of drug-likeness (QED) is 0.715. The summed E-state index contributed by atoms with van der Waals surface area (Å²) in [6, 6.07) is 7.98. The molecule has 0 aromatic heterocycles. The van der Waals surface area contributed by atoms with E-state index < -0.39 is 29.8 Å². The average Bonchev–Trinajstić information content (AvgIpc) is 3.04. The van der Waals surface area contributed by atoms with Crippen LogP contribution in [0.2, 0.25) is 5.02 Å². The van der Waals surface area contributed by atoms with Crippen LogP contribution in [-0.4, -0.2) is 30.6 Å². The number of nitrogens with two attached hydrogens (primary N) is 1. The molecule has 0 radical (unpaired) electrons. The van der Waals surface area contributed by atoms with E-state index in [-0.39, 0.29) is 52.8 Å². The number of hydrogen-bond donors (Lipinski definition) is 3. The summed E-state index contributed by atoms with van der Waals surface area (Å²) in [7, 11) is 0. The van der Waals surface area contributed by atoms with E-state index in [1.54, 1.807) is 6.07 Å². The highest BCUT2D eigenvalue weighted by atomic mass is 35.5. The zero-order valence-electron chi connectivity index (χ0n) is 14.0. The molecule has 1 aliphatic heterocycles. The van der Waals surface area contributed by atoms with E-state index >= 15 is 0 Å². The predicted octanol–water partition coefficient (Wildman–Crippen LogP) is 3.31. The van der Waals surface area contributed by atoms with Crippen molar-refractivity contribution in [2.24, 2.45) is 5.73 Å². The van der Waals surface area contributed by atoms with Gasteiger partial charge in [-0.25, -0.2) is 8.78 Å². The fourth-order valence-electron chi connectivity index (χ4n) is 2.83. The van der Waals surface area contributed by atoms with Gasteiger partial charge in [0.2, 0.25) is 11.8 Å². The molecule has 4 N–H and O–H groups in total. The minimum absolute atomic E-state index is 0. The summed E-state index contributed by atoms with van der Waals surface area (Å²) >= 11 is 6.13. The zero-order valence-corrected chi connectivity index (χ0v) is 15.5. The van der Waals surface area contributed by atoms with Crippen molar-refractivity contribution in [1.82, 2.24) is 5.32 Å². The topological polar surface area (TPSA) is 84.2 Å². The summed E-state index contributed by atoms with van der Waals surface area (Å²) in [4.78, 5) is 23.5. The lowest BCUT2D eigenvalue weighted by Crippen LogP contribution is -2.35. The normalized spacial score (nSPS) is 18.6. The third-order valence-corrected chi connectivity index (χ3v) is 4.52. The standard InChI is InChI=1S/C18H16ClF2N3O2.ClH/c19-13-5-4-9(17(22)25)6-12(13)11-2-1-3-14(16(11)21)24-18(26)15-7-10(20)8-23-15;/h1-6,10,15,23H,7-8H2,(H2,22,25)(H,24,26);1H. The number of anilines is 1. The average molecular weight is 416 g/mol. The number of benzene rings is 2. The lowest BCUT2D eigenvalue weighted by Gasteiger charge is -2.14. The van der Waals surface area contributed by atoms with Crippen molar-refractivity contribution in [1.29, 1.82) is 0 Å². The van der Waals surface area contributed by atoms with Crippen LogP contribution >= 0.6 is 24.0 Å². The molecule has 144 valence electrons. The highest BCUT2D eigenvalue weighted by molar-refractivity contribution is 6.33. The molecule has 9 heteroatoms. The van der Waals surface area contributed by atoms with Crippen molar-refractivity contribution in [2.45, 2.75) is 18.6 Å². The summed E-state index contributed by atoms with van der Waals surface area (Å²) in [5.41, 5.74) is 5.77. The van der Waals surface area contributed by atoms with Gasteiger partial charge in [0.15, 0.2) is 5.82 Å². The molecule has 0 bridgehead atoms. The van der Waals surface area contributed by atoms with E-state index in [1.807, 2.05) is 0 Å². The summed E-state index contributed by atoms with van der Waals surface area (Å²) in [5, 5.41) is 5.43. The Bertz CT molecular complexity index is 880. The van der Waals surface area contributed by atoms with E-state index in [0.717, 1.165) is 0 Å². The zero-order chi connectivity index (χ0) is 18.8. The Kier molecular flexibility index (Phi) is 6.75. The van der Waals surface area contributed by atoms with Crippen LogP contribution in [-0.2, 0) is 4.79 Å². The van der Waals surface area contributed by atoms with E-state index in [4.69, 9.17) is 17.3 Å². The van der Waals surface area contributed by atoms with Crippen LogP contribution in [0.15, 0.2) is 36.4 Å². The molecule has 2 aromatic rings. The number of alkyl halides is 1. The summed E-state index contributed by atoms with van der Waals surface area (Å²) in [6.07, 6.45) is -1.06. The molecule has 1 fully saturated rings. The Balaban J connectivity index is 0.00000261. The van der Waals surface area contributed by atoms with Crippen molar-refractivity contribution < 1.29 is 18.4 Å². The third-order valence-electron chi connectivity index (χ3n) is 4.19. The van der Waals surface area contributed by atoms with Crippen LogP contribution in [0.3, 0.4) is 0 Å². The van der Waals surface area contributed by atoms with Gasteiger partial charge in [0.05, 0.1) is 11.7 Å². The molecule has 2 atom stereocenters. The number of halogens is 4. The number of hydrogen-bond acceptors (Lipinski definition) is 3. The minimum Gasteiger partial charge on any atom is -0.366 e. The maximum atomic E-state index is 14.9. The highest BCUT2D eigenvalue weighted by Gasteiger charge is 2.29. The predicted molar refractivity (Wildman–Crippen MR) is 103 cm³/mol. The monoisotopic (exact) mass is 415 g/mol. The molecular formula is C18H17Cl2F2N3O2. The fourth-order valence-corrected chi connectivity index (χ4v) is 3.05. The number of amides is 2. The van der Waals surface area contributed by atoms with Gasteiger partial charge in [0.1, 0.15) is 6.17 Å². The Morgan fingerprint density at radius 3 is 2.59 bits per heavy atom. The third kappa shape index (κ3) is 4.55. The smallest absolute Gasteiger partial charge is 0.248 e. The van der Waals surface area contributed by atoms with Crippen LogP contribution in [0.25, 0.3) is 11.1 Å². The van der Waals surface area contributed by atoms with Gasteiger partial charge in [-0.15, -0.1) is 12.4 Å². The molecule has 0 aliphatic carbocycles. The van der Waals surface area contributed by atoms with Gasteiger partial charge in [0, 0.05) is 34.7 Å². The second-order valence-electron chi connectivity index (χ2n) is 6.01.